The highest BCUT2D eigenvalue weighted by atomic mass is 19.3. The van der Waals surface area contributed by atoms with E-state index in [2.05, 4.69) is 0 Å². The molecule has 0 radical (unpaired) electrons. The van der Waals surface area contributed by atoms with Crippen molar-refractivity contribution in [2.75, 3.05) is 0 Å². The molecular formula is C7H9F2NO2. The Morgan fingerprint density at radius 2 is 2.17 bits per heavy atom. The number of aliphatic carboxylic acids is 1. The molecule has 1 rings (SSSR count). The largest absolute Gasteiger partial charge is 0.481 e. The van der Waals surface area contributed by atoms with Gasteiger partial charge in [0, 0.05) is 11.6 Å². The Labute approximate surface area is 67.9 Å². The van der Waals surface area contributed by atoms with Gasteiger partial charge in [0.1, 0.15) is 0 Å². The van der Waals surface area contributed by atoms with Crippen LogP contribution in [0.15, 0.2) is 11.7 Å². The van der Waals surface area contributed by atoms with Gasteiger partial charge in [0.2, 0.25) is 0 Å². The Bertz CT molecular complexity index is 236. The van der Waals surface area contributed by atoms with E-state index in [-0.39, 0.29) is 18.4 Å². The lowest BCUT2D eigenvalue weighted by Gasteiger charge is -2.00. The molecule has 0 unspecified atom stereocenters. The Morgan fingerprint density at radius 3 is 2.42 bits per heavy atom. The van der Waals surface area contributed by atoms with Crippen molar-refractivity contribution in [3.63, 3.8) is 0 Å². The average Bonchev–Trinajstić information content (AvgIpc) is 2.30. The molecule has 0 bridgehead atoms. The van der Waals surface area contributed by atoms with Gasteiger partial charge in [0.05, 0.1) is 5.92 Å². The summed E-state index contributed by atoms with van der Waals surface area (Å²) in [6.45, 7) is 0. The summed E-state index contributed by atoms with van der Waals surface area (Å²) in [5, 5.41) is 8.51. The van der Waals surface area contributed by atoms with Gasteiger partial charge in [-0.2, -0.15) is 8.78 Å². The van der Waals surface area contributed by atoms with Gasteiger partial charge < -0.3 is 10.8 Å². The molecular weight excluding hydrogens is 168 g/mol. The molecule has 0 aromatic heterocycles. The molecule has 0 aromatic rings. The summed E-state index contributed by atoms with van der Waals surface area (Å²) in [6.07, 6.45) is -1.83. The number of carbonyl (C=O) groups is 1. The van der Waals surface area contributed by atoms with Gasteiger partial charge in [-0.3, -0.25) is 4.79 Å². The Kier molecular flexibility index (Phi) is 2.42. The van der Waals surface area contributed by atoms with E-state index in [0.29, 0.717) is 0 Å². The lowest BCUT2D eigenvalue weighted by atomic mass is 10.1. The van der Waals surface area contributed by atoms with E-state index in [1.807, 2.05) is 0 Å². The van der Waals surface area contributed by atoms with E-state index in [1.54, 1.807) is 0 Å². The summed E-state index contributed by atoms with van der Waals surface area (Å²) < 4.78 is 24.1. The summed E-state index contributed by atoms with van der Waals surface area (Å²) in [7, 11) is 0. The quantitative estimate of drug-likeness (QED) is 0.627. The monoisotopic (exact) mass is 177 g/mol. The molecule has 0 saturated heterocycles. The van der Waals surface area contributed by atoms with Crippen LogP contribution in [0.4, 0.5) is 8.78 Å². The topological polar surface area (TPSA) is 63.3 Å². The third-order valence-electron chi connectivity index (χ3n) is 2.04. The lowest BCUT2D eigenvalue weighted by Crippen LogP contribution is -2.19. The second-order valence-electron chi connectivity index (χ2n) is 2.87. The number of rotatable bonds is 1. The fourth-order valence-electron chi connectivity index (χ4n) is 1.35. The zero-order chi connectivity index (χ0) is 9.30. The number of hydrogen-bond donors (Lipinski definition) is 2. The fraction of sp³-hybridized carbons (Fsp3) is 0.571. The Morgan fingerprint density at radius 1 is 1.58 bits per heavy atom. The molecule has 3 N–H and O–H groups in total. The predicted molar refractivity (Wildman–Crippen MR) is 37.6 cm³/mol. The zero-order valence-electron chi connectivity index (χ0n) is 6.26. The highest BCUT2D eigenvalue weighted by Gasteiger charge is 2.34. The first-order chi connectivity index (χ1) is 5.52. The van der Waals surface area contributed by atoms with Gasteiger partial charge in [-0.25, -0.2) is 0 Å². The number of hydrogen-bond acceptors (Lipinski definition) is 2. The molecule has 5 heteroatoms. The SMILES string of the molecule is N[C@@H]1C[C@@H](C(=O)O)CC1=C(F)F. The second-order valence-corrected chi connectivity index (χ2v) is 2.87. The zero-order valence-corrected chi connectivity index (χ0v) is 6.26. The van der Waals surface area contributed by atoms with E-state index in [4.69, 9.17) is 10.8 Å². The fourth-order valence-corrected chi connectivity index (χ4v) is 1.35. The minimum absolute atomic E-state index is 0.112. The number of nitrogens with two attached hydrogens (primary N) is 1. The van der Waals surface area contributed by atoms with Crippen molar-refractivity contribution in [1.82, 2.24) is 0 Å². The van der Waals surface area contributed by atoms with Gasteiger partial charge in [-0.1, -0.05) is 0 Å². The standard InChI is InChI=1S/C7H9F2NO2/c8-6(9)4-1-3(7(11)12)2-5(4)10/h3,5H,1-2,10H2,(H,11,12)/t3-,5+/m0/s1. The van der Waals surface area contributed by atoms with Crippen LogP contribution in [0.5, 0.6) is 0 Å². The molecule has 0 spiro atoms. The number of carboxylic acid groups (broad SMARTS) is 1. The van der Waals surface area contributed by atoms with Crippen molar-refractivity contribution in [1.29, 1.82) is 0 Å². The highest BCUT2D eigenvalue weighted by Crippen LogP contribution is 2.32. The molecule has 1 aliphatic rings. The highest BCUT2D eigenvalue weighted by molar-refractivity contribution is 5.71. The Hall–Kier alpha value is -0.970. The summed E-state index contributed by atoms with van der Waals surface area (Å²) in [5.74, 6) is -1.79. The Balaban J connectivity index is 2.76. The third-order valence-corrected chi connectivity index (χ3v) is 2.04. The third kappa shape index (κ3) is 1.61. The summed E-state index contributed by atoms with van der Waals surface area (Å²) >= 11 is 0. The van der Waals surface area contributed by atoms with Crippen LogP contribution < -0.4 is 5.73 Å². The molecule has 0 amide bonds. The van der Waals surface area contributed by atoms with E-state index in [1.165, 1.54) is 0 Å². The maximum absolute atomic E-state index is 12.0. The van der Waals surface area contributed by atoms with Crippen LogP contribution in [-0.4, -0.2) is 17.1 Å². The van der Waals surface area contributed by atoms with Crippen molar-refractivity contribution < 1.29 is 18.7 Å². The van der Waals surface area contributed by atoms with E-state index >= 15 is 0 Å². The van der Waals surface area contributed by atoms with Crippen molar-refractivity contribution in [2.24, 2.45) is 11.7 Å². The van der Waals surface area contributed by atoms with Crippen LogP contribution in [-0.2, 0) is 4.79 Å². The molecule has 0 aromatic carbocycles. The first kappa shape index (κ1) is 9.12. The predicted octanol–water partition coefficient (Wildman–Crippen LogP) is 0.959. The molecule has 1 saturated carbocycles. The van der Waals surface area contributed by atoms with Crippen molar-refractivity contribution >= 4 is 5.97 Å². The van der Waals surface area contributed by atoms with Gasteiger partial charge in [-0.05, 0) is 12.8 Å². The smallest absolute Gasteiger partial charge is 0.306 e. The molecule has 2 atom stereocenters. The number of halogens is 2. The van der Waals surface area contributed by atoms with Crippen molar-refractivity contribution in [3.8, 4) is 0 Å². The number of carboxylic acids is 1. The minimum Gasteiger partial charge on any atom is -0.481 e. The van der Waals surface area contributed by atoms with E-state index in [0.717, 1.165) is 0 Å². The molecule has 68 valence electrons. The van der Waals surface area contributed by atoms with Crippen molar-refractivity contribution in [3.05, 3.63) is 11.7 Å². The maximum atomic E-state index is 12.0. The van der Waals surface area contributed by atoms with Crippen LogP contribution in [0.2, 0.25) is 0 Å². The van der Waals surface area contributed by atoms with Crippen LogP contribution in [0.3, 0.4) is 0 Å². The van der Waals surface area contributed by atoms with Crippen LogP contribution >= 0.6 is 0 Å². The summed E-state index contributed by atoms with van der Waals surface area (Å²) in [4.78, 5) is 10.4. The lowest BCUT2D eigenvalue weighted by molar-refractivity contribution is -0.141. The summed E-state index contributed by atoms with van der Waals surface area (Å²) in [5.41, 5.74) is 5.10. The van der Waals surface area contributed by atoms with Crippen molar-refractivity contribution in [2.45, 2.75) is 18.9 Å². The molecule has 0 heterocycles. The first-order valence-electron chi connectivity index (χ1n) is 3.54. The minimum atomic E-state index is -1.83. The van der Waals surface area contributed by atoms with Crippen LogP contribution in [0.1, 0.15) is 12.8 Å². The molecule has 12 heavy (non-hydrogen) atoms. The molecule has 0 aliphatic heterocycles. The van der Waals surface area contributed by atoms with Gasteiger partial charge >= 0.3 is 5.97 Å². The summed E-state index contributed by atoms with van der Waals surface area (Å²) in [6, 6.07) is -0.781. The maximum Gasteiger partial charge on any atom is 0.306 e. The van der Waals surface area contributed by atoms with Crippen LogP contribution in [0.25, 0.3) is 0 Å². The molecule has 3 nitrogen and oxygen atoms in total. The van der Waals surface area contributed by atoms with Gasteiger partial charge in [0.15, 0.2) is 0 Å². The van der Waals surface area contributed by atoms with E-state index < -0.39 is 24.0 Å². The average molecular weight is 177 g/mol. The normalized spacial score (nSPS) is 29.1. The van der Waals surface area contributed by atoms with Gasteiger partial charge in [0.25, 0.3) is 6.08 Å². The van der Waals surface area contributed by atoms with Crippen LogP contribution in [0, 0.1) is 5.92 Å². The second kappa shape index (κ2) is 3.18. The molecule has 1 aliphatic carbocycles. The van der Waals surface area contributed by atoms with Gasteiger partial charge in [-0.15, -0.1) is 0 Å². The molecule has 1 fully saturated rings. The van der Waals surface area contributed by atoms with E-state index in [9.17, 15) is 13.6 Å². The first-order valence-corrected chi connectivity index (χ1v) is 3.54.